The van der Waals surface area contributed by atoms with Crippen LogP contribution in [-0.2, 0) is 24.2 Å². The maximum Gasteiger partial charge on any atom is 0.407 e. The number of hydrogen-bond acceptors (Lipinski definition) is 7. The first-order chi connectivity index (χ1) is 17.6. The van der Waals surface area contributed by atoms with E-state index < -0.39 is 29.8 Å². The molecule has 14 heteroatoms. The second-order valence-corrected chi connectivity index (χ2v) is 9.47. The van der Waals surface area contributed by atoms with E-state index in [0.29, 0.717) is 37.4 Å². The van der Waals surface area contributed by atoms with E-state index in [1.807, 2.05) is 4.90 Å². The van der Waals surface area contributed by atoms with E-state index in [-0.39, 0.29) is 29.2 Å². The van der Waals surface area contributed by atoms with Crippen molar-refractivity contribution in [1.29, 1.82) is 0 Å². The maximum absolute atomic E-state index is 13.7. The molecule has 37 heavy (non-hydrogen) atoms. The average molecular weight is 542 g/mol. The third-order valence-electron chi connectivity index (χ3n) is 6.69. The van der Waals surface area contributed by atoms with Gasteiger partial charge in [-0.15, -0.1) is 5.10 Å². The van der Waals surface area contributed by atoms with Crippen LogP contribution in [0.3, 0.4) is 0 Å². The Morgan fingerprint density at radius 2 is 2.08 bits per heavy atom. The Bertz CT molecular complexity index is 1350. The Kier molecular flexibility index (Phi) is 6.94. The molecule has 3 aromatic rings. The first kappa shape index (κ1) is 25.6. The van der Waals surface area contributed by atoms with Gasteiger partial charge in [0.15, 0.2) is 6.23 Å². The van der Waals surface area contributed by atoms with Gasteiger partial charge >= 0.3 is 6.18 Å². The number of alkyl halides is 3. The zero-order valence-electron chi connectivity index (χ0n) is 19.6. The summed E-state index contributed by atoms with van der Waals surface area (Å²) in [5.74, 6) is -0.808. The Morgan fingerprint density at radius 1 is 1.27 bits per heavy atom. The molecule has 0 radical (unpaired) electrons. The van der Waals surface area contributed by atoms with Crippen molar-refractivity contribution >= 4 is 17.3 Å². The normalized spacial score (nSPS) is 19.1. The second-order valence-electron chi connectivity index (χ2n) is 9.09. The minimum atomic E-state index is -4.73. The smallest absolute Gasteiger partial charge is 0.362 e. The first-order valence-corrected chi connectivity index (χ1v) is 12.2. The van der Waals surface area contributed by atoms with Crippen molar-refractivity contribution in [2.75, 3.05) is 18.1 Å². The molecule has 2 atom stereocenters. The monoisotopic (exact) mass is 541 g/mol. The van der Waals surface area contributed by atoms with Gasteiger partial charge in [0.1, 0.15) is 22.6 Å². The molecule has 2 unspecified atom stereocenters. The van der Waals surface area contributed by atoms with Crippen LogP contribution < -0.4 is 16.2 Å². The van der Waals surface area contributed by atoms with Gasteiger partial charge < -0.3 is 15.4 Å². The van der Waals surface area contributed by atoms with Crippen molar-refractivity contribution in [3.63, 3.8) is 0 Å². The molecular weight excluding hydrogens is 518 g/mol. The molecule has 0 spiro atoms. The molecule has 0 amide bonds. The number of fused-ring (bicyclic) bond motifs is 1. The molecule has 5 rings (SSSR count). The van der Waals surface area contributed by atoms with Gasteiger partial charge in [-0.05, 0) is 42.5 Å². The lowest BCUT2D eigenvalue weighted by Gasteiger charge is -2.29. The van der Waals surface area contributed by atoms with Crippen LogP contribution in [0.2, 0.25) is 5.02 Å². The summed E-state index contributed by atoms with van der Waals surface area (Å²) in [7, 11) is 0. The number of aromatic nitrogens is 5. The fourth-order valence-electron chi connectivity index (χ4n) is 4.71. The summed E-state index contributed by atoms with van der Waals surface area (Å²) in [6.07, 6.45) is -0.647. The molecule has 1 aromatic carbocycles. The molecule has 0 bridgehead atoms. The van der Waals surface area contributed by atoms with E-state index in [1.165, 1.54) is 21.6 Å². The third-order valence-corrected chi connectivity index (χ3v) is 7.04. The highest BCUT2D eigenvalue weighted by Crippen LogP contribution is 2.34. The number of halogens is 5. The Labute approximate surface area is 213 Å². The highest BCUT2D eigenvalue weighted by atomic mass is 35.5. The summed E-state index contributed by atoms with van der Waals surface area (Å²) in [6, 6.07) is 0.830. The molecule has 0 saturated carbocycles. The topological polar surface area (TPSA) is 104 Å². The predicted octanol–water partition coefficient (Wildman–Crippen LogP) is 3.50. The fraction of sp³-hybridized carbons (Fsp3) is 0.478. The molecule has 1 fully saturated rings. The lowest BCUT2D eigenvalue weighted by atomic mass is 10.00. The summed E-state index contributed by atoms with van der Waals surface area (Å²) in [6.45, 7) is 1.23. The first-order valence-electron chi connectivity index (χ1n) is 11.8. The van der Waals surface area contributed by atoms with Crippen molar-refractivity contribution in [1.82, 2.24) is 24.8 Å². The highest BCUT2D eigenvalue weighted by molar-refractivity contribution is 6.33. The van der Waals surface area contributed by atoms with E-state index >= 15 is 0 Å². The number of nitrogens with two attached hydrogens (primary N) is 1. The Hall–Kier alpha value is -3.03. The fourth-order valence-corrected chi connectivity index (χ4v) is 4.97. The Balaban J connectivity index is 1.37. The molecule has 198 valence electrons. The minimum absolute atomic E-state index is 0.0251. The summed E-state index contributed by atoms with van der Waals surface area (Å²) in [5.41, 5.74) is 6.55. The number of rotatable bonds is 5. The second kappa shape index (κ2) is 10.0. The lowest BCUT2D eigenvalue weighted by Crippen LogP contribution is -2.36. The van der Waals surface area contributed by atoms with Crippen LogP contribution in [0.4, 0.5) is 23.2 Å². The zero-order chi connectivity index (χ0) is 26.3. The largest absolute Gasteiger partial charge is 0.407 e. The van der Waals surface area contributed by atoms with Crippen LogP contribution in [-0.4, -0.2) is 44.1 Å². The molecule has 2 aliphatic heterocycles. The maximum atomic E-state index is 13.7. The van der Waals surface area contributed by atoms with Crippen molar-refractivity contribution in [2.24, 2.45) is 5.73 Å². The van der Waals surface area contributed by atoms with Crippen LogP contribution in [0, 0.1) is 5.82 Å². The van der Waals surface area contributed by atoms with E-state index in [2.05, 4.69) is 15.4 Å². The molecule has 0 aliphatic carbocycles. The molecule has 2 N–H and O–H groups in total. The van der Waals surface area contributed by atoms with Gasteiger partial charge in [0.25, 0.3) is 5.56 Å². The van der Waals surface area contributed by atoms with Crippen LogP contribution in [0.1, 0.15) is 54.0 Å². The quantitative estimate of drug-likeness (QED) is 0.493. The van der Waals surface area contributed by atoms with E-state index in [0.717, 1.165) is 30.7 Å². The number of ether oxygens (including phenoxy) is 1. The summed E-state index contributed by atoms with van der Waals surface area (Å²) < 4.78 is 61.9. The van der Waals surface area contributed by atoms with Crippen LogP contribution in [0.15, 0.2) is 29.2 Å². The number of benzene rings is 1. The molecule has 4 heterocycles. The van der Waals surface area contributed by atoms with Crippen LogP contribution >= 0.6 is 11.6 Å². The van der Waals surface area contributed by atoms with Crippen LogP contribution in [0.5, 0.6) is 0 Å². The molecule has 2 aliphatic rings. The standard InChI is InChI=1S/C23H24ClF4N7O2/c24-20-18(10-30-35(22(20)36)19-3-1-2-8-37-19)33-7-6-17-16(12-33)31-32-34(17)11-13-4-5-14(25)9-15(13)21(29)23(26,27)28/h4-5,9-10,19,21H,1-3,6-8,11-12,29H2. The highest BCUT2D eigenvalue weighted by Gasteiger charge is 2.39. The van der Waals surface area contributed by atoms with Gasteiger partial charge in [0.2, 0.25) is 0 Å². The number of nitrogens with zero attached hydrogens (tertiary/aromatic N) is 6. The third kappa shape index (κ3) is 5.07. The zero-order valence-corrected chi connectivity index (χ0v) is 20.3. The Morgan fingerprint density at radius 3 is 2.81 bits per heavy atom. The number of anilines is 1. The van der Waals surface area contributed by atoms with Gasteiger partial charge in [0.05, 0.1) is 30.7 Å². The predicted molar refractivity (Wildman–Crippen MR) is 126 cm³/mol. The van der Waals surface area contributed by atoms with Crippen LogP contribution in [0.25, 0.3) is 0 Å². The average Bonchev–Trinajstić information content (AvgIpc) is 3.28. The van der Waals surface area contributed by atoms with Crippen molar-refractivity contribution in [3.05, 3.63) is 68.1 Å². The van der Waals surface area contributed by atoms with E-state index in [9.17, 15) is 22.4 Å². The van der Waals surface area contributed by atoms with Gasteiger partial charge in [0, 0.05) is 19.6 Å². The summed E-state index contributed by atoms with van der Waals surface area (Å²) >= 11 is 6.44. The molecular formula is C23H24ClF4N7O2. The van der Waals surface area contributed by atoms with E-state index in [1.54, 1.807) is 0 Å². The van der Waals surface area contributed by atoms with Gasteiger partial charge in [-0.2, -0.15) is 23.0 Å². The number of hydrogen-bond donors (Lipinski definition) is 1. The van der Waals surface area contributed by atoms with Gasteiger partial charge in [-0.25, -0.2) is 9.07 Å². The van der Waals surface area contributed by atoms with Crippen molar-refractivity contribution in [2.45, 2.75) is 57.2 Å². The van der Waals surface area contributed by atoms with E-state index in [4.69, 9.17) is 22.1 Å². The molecule has 2 aromatic heterocycles. The van der Waals surface area contributed by atoms with Crippen molar-refractivity contribution < 1.29 is 22.3 Å². The summed E-state index contributed by atoms with van der Waals surface area (Å²) in [5, 5.41) is 12.6. The van der Waals surface area contributed by atoms with Gasteiger partial charge in [-0.1, -0.05) is 22.9 Å². The van der Waals surface area contributed by atoms with Crippen molar-refractivity contribution in [3.8, 4) is 0 Å². The SMILES string of the molecule is NC(c1cc(F)ccc1Cn1nnc2c1CCN(c1cnn(C3CCCCO3)c(=O)c1Cl)C2)C(F)(F)F. The molecule has 1 saturated heterocycles. The van der Waals surface area contributed by atoms with Gasteiger partial charge in [-0.3, -0.25) is 4.79 Å². The lowest BCUT2D eigenvalue weighted by molar-refractivity contribution is -0.149. The minimum Gasteiger partial charge on any atom is -0.362 e. The summed E-state index contributed by atoms with van der Waals surface area (Å²) in [4.78, 5) is 14.7. The molecule has 9 nitrogen and oxygen atoms in total.